The molecule has 0 spiro atoms. The van der Waals surface area contributed by atoms with Gasteiger partial charge in [0.25, 0.3) is 0 Å². The lowest BCUT2D eigenvalue weighted by atomic mass is 10.1. The highest BCUT2D eigenvalue weighted by molar-refractivity contribution is 7.89. The first-order valence-corrected chi connectivity index (χ1v) is 11.0. The topological polar surface area (TPSA) is 94.2 Å². The average molecular weight is 467 g/mol. The lowest BCUT2D eigenvalue weighted by Crippen LogP contribution is -2.34. The Morgan fingerprint density at radius 2 is 1.78 bits per heavy atom. The highest BCUT2D eigenvalue weighted by atomic mass is 32.2. The number of carbonyl (C=O) groups is 1. The third-order valence-corrected chi connectivity index (χ3v) is 6.14. The Hall–Kier alpha value is -2.95. The van der Waals surface area contributed by atoms with E-state index >= 15 is 0 Å². The second-order valence-corrected chi connectivity index (χ2v) is 8.73. The van der Waals surface area contributed by atoms with Crippen LogP contribution in [0.25, 0.3) is 6.08 Å². The van der Waals surface area contributed by atoms with Gasteiger partial charge in [-0.05, 0) is 55.6 Å². The standard InChI is InChI=1S/C22H27FN2O6S/c1-25(2)18(16-7-9-17(23)10-8-16)14-24-32(27,28)20-13-15(6-11-21(26)30-4)12-19(29-3)22(20)31-5/h6-13,18,24H,14H2,1-5H3/b11-6+. The lowest BCUT2D eigenvalue weighted by molar-refractivity contribution is -0.134. The Labute approximate surface area is 187 Å². The molecule has 0 saturated heterocycles. The number of carbonyl (C=O) groups excluding carboxylic acids is 1. The van der Waals surface area contributed by atoms with E-state index in [2.05, 4.69) is 9.46 Å². The molecule has 0 aliphatic heterocycles. The molecule has 8 nitrogen and oxygen atoms in total. The molecule has 0 fully saturated rings. The van der Waals surface area contributed by atoms with Crippen molar-refractivity contribution in [2.45, 2.75) is 10.9 Å². The zero-order chi connectivity index (χ0) is 23.9. The van der Waals surface area contributed by atoms with Crippen LogP contribution in [-0.4, -0.2) is 61.3 Å². The molecule has 1 N–H and O–H groups in total. The molecule has 0 amide bonds. The summed E-state index contributed by atoms with van der Waals surface area (Å²) in [6.07, 6.45) is 2.58. The molecule has 32 heavy (non-hydrogen) atoms. The predicted molar refractivity (Wildman–Crippen MR) is 119 cm³/mol. The van der Waals surface area contributed by atoms with E-state index in [4.69, 9.17) is 9.47 Å². The van der Waals surface area contributed by atoms with Crippen molar-refractivity contribution in [2.24, 2.45) is 0 Å². The number of esters is 1. The molecule has 0 heterocycles. The highest BCUT2D eigenvalue weighted by Gasteiger charge is 2.25. The summed E-state index contributed by atoms with van der Waals surface area (Å²) >= 11 is 0. The summed E-state index contributed by atoms with van der Waals surface area (Å²) in [5.74, 6) is -0.753. The molecule has 1 atom stereocenters. The van der Waals surface area contributed by atoms with Crippen LogP contribution in [0.15, 0.2) is 47.4 Å². The molecule has 2 aromatic rings. The molecule has 2 rings (SSSR count). The van der Waals surface area contributed by atoms with Crippen molar-refractivity contribution in [3.63, 3.8) is 0 Å². The summed E-state index contributed by atoms with van der Waals surface area (Å²) in [5.41, 5.74) is 1.15. The molecular weight excluding hydrogens is 439 g/mol. The molecule has 0 aromatic heterocycles. The van der Waals surface area contributed by atoms with E-state index in [1.165, 1.54) is 51.7 Å². The van der Waals surface area contributed by atoms with Crippen molar-refractivity contribution in [1.29, 1.82) is 0 Å². The van der Waals surface area contributed by atoms with Crippen LogP contribution in [0.5, 0.6) is 11.5 Å². The normalized spacial score (nSPS) is 12.7. The van der Waals surface area contributed by atoms with E-state index in [0.717, 1.165) is 5.56 Å². The number of nitrogens with one attached hydrogen (secondary N) is 1. The molecule has 10 heteroatoms. The summed E-state index contributed by atoms with van der Waals surface area (Å²) in [7, 11) is 3.49. The number of sulfonamides is 1. The minimum atomic E-state index is -4.05. The lowest BCUT2D eigenvalue weighted by Gasteiger charge is -2.25. The Balaban J connectivity index is 2.41. The van der Waals surface area contributed by atoms with Crippen molar-refractivity contribution in [3.05, 3.63) is 59.4 Å². The van der Waals surface area contributed by atoms with Gasteiger partial charge in [-0.15, -0.1) is 0 Å². The summed E-state index contributed by atoms with van der Waals surface area (Å²) in [5, 5.41) is 0. The maximum atomic E-state index is 13.3. The molecule has 0 aliphatic carbocycles. The SMILES string of the molecule is COC(=O)/C=C/c1cc(OC)c(OC)c(S(=O)(=O)NCC(c2ccc(F)cc2)N(C)C)c1. The van der Waals surface area contributed by atoms with E-state index in [9.17, 15) is 17.6 Å². The van der Waals surface area contributed by atoms with Crippen LogP contribution >= 0.6 is 0 Å². The van der Waals surface area contributed by atoms with Gasteiger partial charge in [0.05, 0.1) is 21.3 Å². The number of rotatable bonds is 10. The van der Waals surface area contributed by atoms with E-state index in [1.54, 1.807) is 32.3 Å². The zero-order valence-corrected chi connectivity index (χ0v) is 19.4. The van der Waals surface area contributed by atoms with Gasteiger partial charge in [-0.2, -0.15) is 0 Å². The van der Waals surface area contributed by atoms with Gasteiger partial charge in [0, 0.05) is 18.7 Å². The number of hydrogen-bond donors (Lipinski definition) is 1. The van der Waals surface area contributed by atoms with E-state index < -0.39 is 16.0 Å². The van der Waals surface area contributed by atoms with Crippen LogP contribution in [-0.2, 0) is 19.6 Å². The second kappa shape index (κ2) is 11.1. The van der Waals surface area contributed by atoms with Crippen LogP contribution in [0.2, 0.25) is 0 Å². The average Bonchev–Trinajstić information content (AvgIpc) is 2.77. The van der Waals surface area contributed by atoms with E-state index in [0.29, 0.717) is 5.56 Å². The summed E-state index contributed by atoms with van der Waals surface area (Å²) < 4.78 is 57.4. The third-order valence-electron chi connectivity index (χ3n) is 4.71. The second-order valence-electron chi connectivity index (χ2n) is 6.99. The quantitative estimate of drug-likeness (QED) is 0.425. The van der Waals surface area contributed by atoms with Gasteiger partial charge in [0.2, 0.25) is 10.0 Å². The van der Waals surface area contributed by atoms with Crippen LogP contribution < -0.4 is 14.2 Å². The summed E-state index contributed by atoms with van der Waals surface area (Å²) in [4.78, 5) is 13.1. The maximum absolute atomic E-state index is 13.3. The fraction of sp³-hybridized carbons (Fsp3) is 0.318. The molecule has 2 aromatic carbocycles. The van der Waals surface area contributed by atoms with E-state index in [-0.39, 0.29) is 34.8 Å². The molecule has 1 unspecified atom stereocenters. The molecule has 0 aliphatic rings. The van der Waals surface area contributed by atoms with Crippen molar-refractivity contribution >= 4 is 22.1 Å². The monoisotopic (exact) mass is 466 g/mol. The van der Waals surface area contributed by atoms with Gasteiger partial charge >= 0.3 is 5.97 Å². The Bertz CT molecular complexity index is 1070. The number of likely N-dealkylation sites (N-methyl/N-ethyl adjacent to an activating group) is 1. The van der Waals surface area contributed by atoms with Gasteiger partial charge < -0.3 is 19.1 Å². The third kappa shape index (κ3) is 6.28. The fourth-order valence-electron chi connectivity index (χ4n) is 3.03. The number of nitrogens with zero attached hydrogens (tertiary/aromatic N) is 1. The largest absolute Gasteiger partial charge is 0.493 e. The number of ether oxygens (including phenoxy) is 3. The molecular formula is C22H27FN2O6S. The molecule has 0 radical (unpaired) electrons. The van der Waals surface area contributed by atoms with Gasteiger partial charge in [0.15, 0.2) is 11.5 Å². The van der Waals surface area contributed by atoms with Crippen LogP contribution in [0.4, 0.5) is 4.39 Å². The molecule has 0 bridgehead atoms. The van der Waals surface area contributed by atoms with Crippen LogP contribution in [0.1, 0.15) is 17.2 Å². The van der Waals surface area contributed by atoms with Crippen LogP contribution in [0, 0.1) is 5.82 Å². The summed E-state index contributed by atoms with van der Waals surface area (Å²) in [6, 6.07) is 8.42. The minimum absolute atomic E-state index is 0.0225. The maximum Gasteiger partial charge on any atom is 0.330 e. The van der Waals surface area contributed by atoms with Gasteiger partial charge in [0.1, 0.15) is 10.7 Å². The Morgan fingerprint density at radius 3 is 2.31 bits per heavy atom. The number of halogens is 1. The molecule has 0 saturated carbocycles. The van der Waals surface area contributed by atoms with Gasteiger partial charge in [-0.25, -0.2) is 22.3 Å². The number of benzene rings is 2. The van der Waals surface area contributed by atoms with Crippen molar-refractivity contribution in [3.8, 4) is 11.5 Å². The first-order valence-electron chi connectivity index (χ1n) is 9.56. The van der Waals surface area contributed by atoms with Crippen molar-refractivity contribution in [2.75, 3.05) is 42.0 Å². The molecule has 174 valence electrons. The number of hydrogen-bond acceptors (Lipinski definition) is 7. The fourth-order valence-corrected chi connectivity index (χ4v) is 4.28. The summed E-state index contributed by atoms with van der Waals surface area (Å²) in [6.45, 7) is 0.0225. The highest BCUT2D eigenvalue weighted by Crippen LogP contribution is 2.36. The Kier molecular flexibility index (Phi) is 8.76. The Morgan fingerprint density at radius 1 is 1.12 bits per heavy atom. The van der Waals surface area contributed by atoms with Crippen LogP contribution in [0.3, 0.4) is 0 Å². The smallest absolute Gasteiger partial charge is 0.330 e. The zero-order valence-electron chi connectivity index (χ0n) is 18.6. The van der Waals surface area contributed by atoms with E-state index in [1.807, 2.05) is 4.90 Å². The van der Waals surface area contributed by atoms with Crippen molar-refractivity contribution in [1.82, 2.24) is 9.62 Å². The van der Waals surface area contributed by atoms with Crippen molar-refractivity contribution < 1.29 is 31.8 Å². The number of methoxy groups -OCH3 is 3. The predicted octanol–water partition coefficient (Wildman–Crippen LogP) is 2.61. The van der Waals surface area contributed by atoms with Gasteiger partial charge in [-0.1, -0.05) is 12.1 Å². The first kappa shape index (κ1) is 25.3. The minimum Gasteiger partial charge on any atom is -0.493 e. The van der Waals surface area contributed by atoms with Gasteiger partial charge in [-0.3, -0.25) is 0 Å². The first-order chi connectivity index (χ1) is 15.1.